The molecule has 0 radical (unpaired) electrons. The molecule has 172 valence electrons. The third-order valence-electron chi connectivity index (χ3n) is 5.79. The van der Waals surface area contributed by atoms with E-state index in [1.165, 1.54) is 69.8 Å². The normalized spacial score (nSPS) is 11.6. The van der Waals surface area contributed by atoms with E-state index < -0.39 is 0 Å². The van der Waals surface area contributed by atoms with E-state index in [4.69, 9.17) is 11.6 Å². The van der Waals surface area contributed by atoms with E-state index in [2.05, 4.69) is 38.5 Å². The maximum absolute atomic E-state index is 12.0. The molecule has 0 saturated carbocycles. The summed E-state index contributed by atoms with van der Waals surface area (Å²) in [5, 5.41) is 3.88. The lowest BCUT2D eigenvalue weighted by atomic mass is 10.1. The van der Waals surface area contributed by atoms with Gasteiger partial charge in [-0.2, -0.15) is 0 Å². The van der Waals surface area contributed by atoms with Gasteiger partial charge in [-0.25, -0.2) is 0 Å². The molecule has 4 heteroatoms. The summed E-state index contributed by atoms with van der Waals surface area (Å²) in [4.78, 5) is 12.0. The molecule has 3 nitrogen and oxygen atoms in total. The van der Waals surface area contributed by atoms with Crippen molar-refractivity contribution in [2.24, 2.45) is 0 Å². The van der Waals surface area contributed by atoms with Crippen LogP contribution in [0.1, 0.15) is 96.0 Å². The first-order valence-electron chi connectivity index (χ1n) is 12.3. The Kier molecular flexibility index (Phi) is 14.9. The number of benzene rings is 1. The number of amides is 1. The van der Waals surface area contributed by atoms with Crippen LogP contribution in [-0.2, 0) is 11.3 Å². The number of nitrogens with zero attached hydrogens (tertiary/aromatic N) is 1. The third kappa shape index (κ3) is 14.8. The van der Waals surface area contributed by atoms with E-state index >= 15 is 0 Å². The van der Waals surface area contributed by atoms with Gasteiger partial charge in [-0.1, -0.05) is 94.9 Å². The summed E-state index contributed by atoms with van der Waals surface area (Å²) in [6.07, 6.45) is 16.2. The quantitative estimate of drug-likeness (QED) is 0.192. The Morgan fingerprint density at radius 3 is 1.93 bits per heavy atom. The van der Waals surface area contributed by atoms with Crippen LogP contribution in [0.4, 0.5) is 0 Å². The SMILES string of the molecule is CCCCCCCCCCCCCC(=O)NCCC[N+](C)(C)Cc1ccc(Cl)cc1. The van der Waals surface area contributed by atoms with E-state index in [0.29, 0.717) is 6.42 Å². The maximum Gasteiger partial charge on any atom is 0.219 e. The molecule has 0 aliphatic heterocycles. The highest BCUT2D eigenvalue weighted by Crippen LogP contribution is 2.14. The Morgan fingerprint density at radius 2 is 1.37 bits per heavy atom. The van der Waals surface area contributed by atoms with Gasteiger partial charge in [-0.3, -0.25) is 4.79 Å². The van der Waals surface area contributed by atoms with Gasteiger partial charge in [0.1, 0.15) is 6.54 Å². The monoisotopic (exact) mass is 437 g/mol. The number of hydrogen-bond acceptors (Lipinski definition) is 1. The Hall–Kier alpha value is -1.06. The number of unbranched alkanes of at least 4 members (excludes halogenated alkanes) is 10. The van der Waals surface area contributed by atoms with Crippen LogP contribution in [0.15, 0.2) is 24.3 Å². The molecule has 1 amide bonds. The topological polar surface area (TPSA) is 29.1 Å². The minimum Gasteiger partial charge on any atom is -0.356 e. The number of rotatable bonds is 18. The number of nitrogens with one attached hydrogen (secondary N) is 1. The fraction of sp³-hybridized carbons (Fsp3) is 0.731. The van der Waals surface area contributed by atoms with Gasteiger partial charge < -0.3 is 9.80 Å². The summed E-state index contributed by atoms with van der Waals surface area (Å²) < 4.78 is 0.913. The number of quaternary nitrogens is 1. The zero-order valence-corrected chi connectivity index (χ0v) is 20.6. The van der Waals surface area contributed by atoms with Crippen molar-refractivity contribution >= 4 is 17.5 Å². The lowest BCUT2D eigenvalue weighted by molar-refractivity contribution is -0.903. The van der Waals surface area contributed by atoms with Crippen molar-refractivity contribution in [1.82, 2.24) is 5.32 Å². The minimum absolute atomic E-state index is 0.217. The Morgan fingerprint density at radius 1 is 0.833 bits per heavy atom. The van der Waals surface area contributed by atoms with E-state index in [1.54, 1.807) is 0 Å². The molecule has 0 aliphatic carbocycles. The standard InChI is InChI=1S/C26H45ClN2O/c1-4-5-6-7-8-9-10-11-12-13-14-16-26(30)28-21-15-22-29(2,3)23-24-17-19-25(27)20-18-24/h17-20H,4-16,21-23H2,1-3H3/p+1. The van der Waals surface area contributed by atoms with Crippen molar-refractivity contribution in [3.8, 4) is 0 Å². The van der Waals surface area contributed by atoms with Crippen LogP contribution >= 0.6 is 11.6 Å². The molecule has 0 heterocycles. The Balaban J connectivity index is 1.96. The molecule has 0 saturated heterocycles. The van der Waals surface area contributed by atoms with Crippen molar-refractivity contribution in [2.75, 3.05) is 27.2 Å². The van der Waals surface area contributed by atoms with Gasteiger partial charge in [0.05, 0.1) is 20.6 Å². The van der Waals surface area contributed by atoms with Crippen molar-refractivity contribution in [3.05, 3.63) is 34.9 Å². The third-order valence-corrected chi connectivity index (χ3v) is 6.05. The second-order valence-corrected chi connectivity index (χ2v) is 9.87. The van der Waals surface area contributed by atoms with Crippen molar-refractivity contribution < 1.29 is 9.28 Å². The first-order valence-corrected chi connectivity index (χ1v) is 12.6. The van der Waals surface area contributed by atoms with Gasteiger partial charge in [-0.15, -0.1) is 0 Å². The van der Waals surface area contributed by atoms with Crippen molar-refractivity contribution in [2.45, 2.75) is 96.9 Å². The van der Waals surface area contributed by atoms with E-state index in [-0.39, 0.29) is 5.91 Å². The van der Waals surface area contributed by atoms with E-state index in [1.807, 2.05) is 12.1 Å². The molecule has 1 aromatic rings. The lowest BCUT2D eigenvalue weighted by Gasteiger charge is -2.30. The molecular weight excluding hydrogens is 392 g/mol. The molecule has 0 fully saturated rings. The fourth-order valence-electron chi connectivity index (χ4n) is 3.94. The average Bonchev–Trinajstić information content (AvgIpc) is 2.71. The highest BCUT2D eigenvalue weighted by atomic mass is 35.5. The molecule has 0 atom stereocenters. The number of hydrogen-bond donors (Lipinski definition) is 1. The second-order valence-electron chi connectivity index (χ2n) is 9.43. The predicted octanol–water partition coefficient (Wildman–Crippen LogP) is 7.12. The molecule has 0 bridgehead atoms. The fourth-order valence-corrected chi connectivity index (χ4v) is 4.06. The van der Waals surface area contributed by atoms with Crippen molar-refractivity contribution in [3.63, 3.8) is 0 Å². The molecule has 30 heavy (non-hydrogen) atoms. The van der Waals surface area contributed by atoms with Crippen LogP contribution in [0.3, 0.4) is 0 Å². The molecule has 0 spiro atoms. The van der Waals surface area contributed by atoms with Crippen LogP contribution in [0, 0.1) is 0 Å². The zero-order chi connectivity index (χ0) is 22.1. The lowest BCUT2D eigenvalue weighted by Crippen LogP contribution is -2.41. The molecule has 1 rings (SSSR count). The molecule has 0 aromatic heterocycles. The van der Waals surface area contributed by atoms with Crippen LogP contribution in [0.2, 0.25) is 5.02 Å². The highest BCUT2D eigenvalue weighted by molar-refractivity contribution is 6.30. The van der Waals surface area contributed by atoms with Gasteiger partial charge in [-0.05, 0) is 18.6 Å². The largest absolute Gasteiger partial charge is 0.356 e. The molecule has 0 aliphatic rings. The van der Waals surface area contributed by atoms with Gasteiger partial charge in [0.2, 0.25) is 5.91 Å². The van der Waals surface area contributed by atoms with Crippen LogP contribution in [-0.4, -0.2) is 37.6 Å². The number of carbonyl (C=O) groups excluding carboxylic acids is 1. The second kappa shape index (κ2) is 16.6. The van der Waals surface area contributed by atoms with Crippen LogP contribution in [0.25, 0.3) is 0 Å². The summed E-state index contributed by atoms with van der Waals surface area (Å²) in [5.41, 5.74) is 1.30. The smallest absolute Gasteiger partial charge is 0.219 e. The molecule has 0 unspecified atom stereocenters. The van der Waals surface area contributed by atoms with Crippen LogP contribution in [0.5, 0.6) is 0 Å². The predicted molar refractivity (Wildman–Crippen MR) is 131 cm³/mol. The Labute approximate surface area is 191 Å². The molecule has 1 aromatic carbocycles. The summed E-state index contributed by atoms with van der Waals surface area (Å²) in [6.45, 7) is 5.06. The first kappa shape index (κ1) is 27.0. The molecule has 1 N–H and O–H groups in total. The first-order chi connectivity index (χ1) is 14.4. The maximum atomic E-state index is 12.0. The van der Waals surface area contributed by atoms with Crippen LogP contribution < -0.4 is 5.32 Å². The van der Waals surface area contributed by atoms with Gasteiger partial charge in [0.25, 0.3) is 0 Å². The summed E-state index contributed by atoms with van der Waals surface area (Å²) in [6, 6.07) is 8.09. The summed E-state index contributed by atoms with van der Waals surface area (Å²) in [5.74, 6) is 0.217. The van der Waals surface area contributed by atoms with E-state index in [9.17, 15) is 4.79 Å². The molecular formula is C26H46ClN2O+. The number of carbonyl (C=O) groups is 1. The van der Waals surface area contributed by atoms with Gasteiger partial charge >= 0.3 is 0 Å². The zero-order valence-electron chi connectivity index (χ0n) is 19.9. The van der Waals surface area contributed by atoms with Gasteiger partial charge in [0, 0.05) is 30.0 Å². The van der Waals surface area contributed by atoms with Crippen molar-refractivity contribution in [1.29, 1.82) is 0 Å². The van der Waals surface area contributed by atoms with E-state index in [0.717, 1.165) is 42.0 Å². The number of halogens is 1. The highest BCUT2D eigenvalue weighted by Gasteiger charge is 2.15. The summed E-state index contributed by atoms with van der Waals surface area (Å²) >= 11 is 5.96. The summed E-state index contributed by atoms with van der Waals surface area (Å²) in [7, 11) is 4.48. The average molecular weight is 438 g/mol. The Bertz CT molecular complexity index is 557. The van der Waals surface area contributed by atoms with Gasteiger partial charge in [0.15, 0.2) is 0 Å². The minimum atomic E-state index is 0.217.